The second-order valence-corrected chi connectivity index (χ2v) is 6.80. The third-order valence-corrected chi connectivity index (χ3v) is 4.71. The van der Waals surface area contributed by atoms with E-state index in [0.29, 0.717) is 17.5 Å². The zero-order valence-corrected chi connectivity index (χ0v) is 13.6. The average Bonchev–Trinajstić information content (AvgIpc) is 3.26. The largest absolute Gasteiger partial charge is 0.300 e. The van der Waals surface area contributed by atoms with Crippen LogP contribution in [0.5, 0.6) is 0 Å². The van der Waals surface area contributed by atoms with Gasteiger partial charge in [-0.25, -0.2) is 0 Å². The smallest absolute Gasteiger partial charge is 0.231 e. The first kappa shape index (κ1) is 14.8. The van der Waals surface area contributed by atoms with Gasteiger partial charge in [-0.1, -0.05) is 23.5 Å². The van der Waals surface area contributed by atoms with E-state index in [1.807, 2.05) is 31.2 Å². The van der Waals surface area contributed by atoms with Crippen LogP contribution in [0.3, 0.4) is 0 Å². The molecule has 2 aromatic heterocycles. The molecule has 0 saturated carbocycles. The summed E-state index contributed by atoms with van der Waals surface area (Å²) in [7, 11) is 0. The van der Waals surface area contributed by atoms with Crippen LogP contribution in [0.4, 0.5) is 10.9 Å². The minimum atomic E-state index is -0.433. The first-order chi connectivity index (χ1) is 11.6. The highest BCUT2D eigenvalue weighted by Gasteiger charge is 2.37. The Morgan fingerprint density at radius 2 is 2.21 bits per heavy atom. The molecule has 1 aliphatic rings. The van der Waals surface area contributed by atoms with Gasteiger partial charge in [-0.15, -0.1) is 10.2 Å². The van der Waals surface area contributed by atoms with Crippen molar-refractivity contribution in [1.29, 1.82) is 0 Å². The van der Waals surface area contributed by atoms with E-state index in [1.165, 1.54) is 11.3 Å². The van der Waals surface area contributed by atoms with Crippen LogP contribution in [0.15, 0.2) is 24.3 Å². The lowest BCUT2D eigenvalue weighted by Gasteiger charge is -2.13. The van der Waals surface area contributed by atoms with E-state index in [9.17, 15) is 9.59 Å². The SMILES string of the molecule is Cc1nnc(NC(=O)[C@H]2CC(=O)N(c3n[nH]c4ccccc34)C2)s1. The first-order valence-corrected chi connectivity index (χ1v) is 8.28. The van der Waals surface area contributed by atoms with Crippen molar-refractivity contribution in [2.24, 2.45) is 5.92 Å². The van der Waals surface area contributed by atoms with Crippen molar-refractivity contribution < 1.29 is 9.59 Å². The van der Waals surface area contributed by atoms with E-state index >= 15 is 0 Å². The van der Waals surface area contributed by atoms with Gasteiger partial charge in [0.1, 0.15) is 5.01 Å². The molecular weight excluding hydrogens is 328 g/mol. The Hall–Kier alpha value is -2.81. The van der Waals surface area contributed by atoms with Crippen molar-refractivity contribution >= 4 is 45.0 Å². The molecule has 0 radical (unpaired) electrons. The summed E-state index contributed by atoms with van der Waals surface area (Å²) in [4.78, 5) is 26.3. The lowest BCUT2D eigenvalue weighted by molar-refractivity contribution is -0.122. The van der Waals surface area contributed by atoms with Crippen LogP contribution in [-0.4, -0.2) is 38.8 Å². The number of amides is 2. The quantitative estimate of drug-likeness (QED) is 0.754. The maximum Gasteiger partial charge on any atom is 0.231 e. The standard InChI is InChI=1S/C15H14N6O2S/c1-8-17-20-15(24-8)16-14(23)9-6-12(22)21(7-9)13-10-4-2-3-5-11(10)18-19-13/h2-5,9H,6-7H2,1H3,(H,18,19)(H,16,20,23)/t9-/m0/s1. The van der Waals surface area contributed by atoms with Crippen LogP contribution in [0.1, 0.15) is 11.4 Å². The highest BCUT2D eigenvalue weighted by molar-refractivity contribution is 7.15. The van der Waals surface area contributed by atoms with Crippen molar-refractivity contribution in [3.8, 4) is 0 Å². The van der Waals surface area contributed by atoms with Crippen LogP contribution in [0.25, 0.3) is 10.9 Å². The molecular formula is C15H14N6O2S. The zero-order valence-electron chi connectivity index (χ0n) is 12.8. The monoisotopic (exact) mass is 342 g/mol. The number of benzene rings is 1. The predicted molar refractivity (Wildman–Crippen MR) is 89.8 cm³/mol. The molecule has 9 heteroatoms. The van der Waals surface area contributed by atoms with E-state index in [-0.39, 0.29) is 18.2 Å². The average molecular weight is 342 g/mol. The Morgan fingerprint density at radius 1 is 1.38 bits per heavy atom. The summed E-state index contributed by atoms with van der Waals surface area (Å²) in [6.45, 7) is 2.12. The Labute approximate surface area is 140 Å². The Bertz CT molecular complexity index is 933. The van der Waals surface area contributed by atoms with Gasteiger partial charge < -0.3 is 5.32 Å². The predicted octanol–water partition coefficient (Wildman–Crippen LogP) is 1.71. The highest BCUT2D eigenvalue weighted by Crippen LogP contribution is 2.30. The van der Waals surface area contributed by atoms with Crippen LogP contribution < -0.4 is 10.2 Å². The summed E-state index contributed by atoms with van der Waals surface area (Å²) in [5.41, 5.74) is 0.859. The normalized spacial score (nSPS) is 17.6. The van der Waals surface area contributed by atoms with Crippen molar-refractivity contribution in [2.75, 3.05) is 16.8 Å². The highest BCUT2D eigenvalue weighted by atomic mass is 32.1. The minimum absolute atomic E-state index is 0.110. The molecule has 3 aromatic rings. The maximum absolute atomic E-state index is 12.4. The third kappa shape index (κ3) is 2.52. The number of rotatable bonds is 3. The molecule has 122 valence electrons. The number of fused-ring (bicyclic) bond motifs is 1. The van der Waals surface area contributed by atoms with Gasteiger partial charge >= 0.3 is 0 Å². The van der Waals surface area contributed by atoms with E-state index in [1.54, 1.807) is 4.90 Å². The van der Waals surface area contributed by atoms with E-state index in [0.717, 1.165) is 15.9 Å². The molecule has 2 amide bonds. The van der Waals surface area contributed by atoms with E-state index in [2.05, 4.69) is 25.7 Å². The molecule has 3 heterocycles. The zero-order chi connectivity index (χ0) is 16.7. The Morgan fingerprint density at radius 3 is 3.00 bits per heavy atom. The van der Waals surface area contributed by atoms with Crippen LogP contribution >= 0.6 is 11.3 Å². The van der Waals surface area contributed by atoms with Gasteiger partial charge in [0, 0.05) is 18.4 Å². The molecule has 0 aliphatic carbocycles. The lowest BCUT2D eigenvalue weighted by atomic mass is 10.1. The first-order valence-electron chi connectivity index (χ1n) is 7.46. The Balaban J connectivity index is 1.53. The van der Waals surface area contributed by atoms with Crippen LogP contribution in [0, 0.1) is 12.8 Å². The number of hydrogen-bond donors (Lipinski definition) is 2. The van der Waals surface area contributed by atoms with Crippen LogP contribution in [0.2, 0.25) is 0 Å². The van der Waals surface area contributed by atoms with Crippen molar-refractivity contribution in [3.05, 3.63) is 29.3 Å². The fourth-order valence-electron chi connectivity index (χ4n) is 2.80. The number of nitrogens with zero attached hydrogens (tertiary/aromatic N) is 4. The summed E-state index contributed by atoms with van der Waals surface area (Å²) in [6.07, 6.45) is 0.158. The van der Waals surface area contributed by atoms with E-state index < -0.39 is 5.92 Å². The van der Waals surface area contributed by atoms with Gasteiger partial charge in [0.2, 0.25) is 16.9 Å². The number of H-pyrrole nitrogens is 1. The Kier molecular flexibility index (Phi) is 3.49. The molecule has 0 spiro atoms. The van der Waals surface area contributed by atoms with Crippen LogP contribution in [-0.2, 0) is 9.59 Å². The van der Waals surface area contributed by atoms with Crippen molar-refractivity contribution in [1.82, 2.24) is 20.4 Å². The molecule has 1 atom stereocenters. The molecule has 4 rings (SSSR count). The van der Waals surface area contributed by atoms with Gasteiger partial charge in [-0.3, -0.25) is 19.6 Å². The number of nitrogens with one attached hydrogen (secondary N) is 2. The maximum atomic E-state index is 12.4. The fourth-order valence-corrected chi connectivity index (χ4v) is 3.39. The van der Waals surface area contributed by atoms with Gasteiger partial charge in [-0.2, -0.15) is 5.10 Å². The van der Waals surface area contributed by atoms with E-state index in [4.69, 9.17) is 0 Å². The number of aromatic nitrogens is 4. The number of aromatic amines is 1. The van der Waals surface area contributed by atoms with Crippen molar-refractivity contribution in [3.63, 3.8) is 0 Å². The molecule has 0 unspecified atom stereocenters. The number of aryl methyl sites for hydroxylation is 1. The second-order valence-electron chi connectivity index (χ2n) is 5.61. The summed E-state index contributed by atoms with van der Waals surface area (Å²) < 4.78 is 0. The summed E-state index contributed by atoms with van der Waals surface area (Å²) in [5, 5.41) is 19.7. The third-order valence-electron chi connectivity index (χ3n) is 3.96. The minimum Gasteiger partial charge on any atom is -0.300 e. The number of para-hydroxylation sites is 1. The molecule has 24 heavy (non-hydrogen) atoms. The van der Waals surface area contributed by atoms with Gasteiger partial charge in [-0.05, 0) is 19.1 Å². The molecule has 0 bridgehead atoms. The molecule has 2 N–H and O–H groups in total. The molecule has 8 nitrogen and oxygen atoms in total. The van der Waals surface area contributed by atoms with Crippen molar-refractivity contribution in [2.45, 2.75) is 13.3 Å². The number of carbonyl (C=O) groups excluding carboxylic acids is 2. The number of anilines is 2. The molecule has 1 fully saturated rings. The summed E-state index contributed by atoms with van der Waals surface area (Å²) >= 11 is 1.31. The van der Waals surface area contributed by atoms with Gasteiger partial charge in [0.15, 0.2) is 5.82 Å². The topological polar surface area (TPSA) is 104 Å². The summed E-state index contributed by atoms with van der Waals surface area (Å²) in [5.74, 6) is -0.197. The van der Waals surface area contributed by atoms with Gasteiger partial charge in [0.05, 0.1) is 11.4 Å². The molecule has 1 aromatic carbocycles. The number of carbonyl (C=O) groups is 2. The van der Waals surface area contributed by atoms with Gasteiger partial charge in [0.25, 0.3) is 0 Å². The molecule has 1 aliphatic heterocycles. The number of hydrogen-bond acceptors (Lipinski definition) is 6. The molecule has 1 saturated heterocycles. The fraction of sp³-hybridized carbons (Fsp3) is 0.267. The second kappa shape index (κ2) is 5.68. The summed E-state index contributed by atoms with van der Waals surface area (Å²) in [6, 6.07) is 7.59. The lowest BCUT2D eigenvalue weighted by Crippen LogP contribution is -2.28.